The van der Waals surface area contributed by atoms with Gasteiger partial charge in [-0.05, 0) is 55.0 Å². The van der Waals surface area contributed by atoms with Gasteiger partial charge in [0.1, 0.15) is 5.82 Å². The zero-order valence-electron chi connectivity index (χ0n) is 18.0. The maximum atomic E-state index is 11.8. The zero-order valence-corrected chi connectivity index (χ0v) is 20.5. The molecule has 1 unspecified atom stereocenters. The Hall–Kier alpha value is -1.09. The van der Waals surface area contributed by atoms with Crippen molar-refractivity contribution in [2.24, 2.45) is 0 Å². The summed E-state index contributed by atoms with van der Waals surface area (Å²) >= 11 is 6.19. The Bertz CT molecular complexity index is 1090. The predicted octanol–water partition coefficient (Wildman–Crippen LogP) is 4.59. The lowest BCUT2D eigenvalue weighted by atomic mass is 9.95. The molecule has 10 nitrogen and oxygen atoms in total. The van der Waals surface area contributed by atoms with Crippen LogP contribution < -0.4 is 5.32 Å². The van der Waals surface area contributed by atoms with Gasteiger partial charge in [0, 0.05) is 11.4 Å². The quantitative estimate of drug-likeness (QED) is 0.288. The number of rotatable bonds is 8. The Kier molecular flexibility index (Phi) is 7.78. The second-order valence-electron chi connectivity index (χ2n) is 8.66. The van der Waals surface area contributed by atoms with Crippen molar-refractivity contribution < 1.29 is 33.1 Å². The summed E-state index contributed by atoms with van der Waals surface area (Å²) in [6.07, 6.45) is 6.41. The number of hydrogen-bond donors (Lipinski definition) is 4. The number of halogens is 1. The van der Waals surface area contributed by atoms with E-state index in [1.807, 2.05) is 18.2 Å². The Morgan fingerprint density at radius 2 is 1.85 bits per heavy atom. The highest BCUT2D eigenvalue weighted by molar-refractivity contribution is 7.70. The van der Waals surface area contributed by atoms with E-state index >= 15 is 0 Å². The standard InChI is InChI=1S/C20H28ClN3O7P2/c21-20-23-17-10-13(6-8-16(17)19(24-20)22-14-4-2-1-3-5-14)18-9-7-15(31-18)11-30-33(28,29)12-32(25,26)27/h6,8,10,14-15,18H,1-5,7,9,11-12H2,(H,28,29)(H,22,23,24)(H2,25,26,27)/t15-,18+/m0/s1. The van der Waals surface area contributed by atoms with Crippen LogP contribution in [-0.2, 0) is 18.4 Å². The van der Waals surface area contributed by atoms with Gasteiger partial charge in [-0.1, -0.05) is 25.3 Å². The SMILES string of the molecule is O=P(O)(O)CP(=O)(O)OC[C@@H]1CC[C@H](c2ccc3c(NC4CCCCC4)nc(Cl)nc3c2)O1. The van der Waals surface area contributed by atoms with E-state index in [9.17, 15) is 14.0 Å². The van der Waals surface area contributed by atoms with E-state index in [0.717, 1.165) is 29.6 Å². The van der Waals surface area contributed by atoms with Gasteiger partial charge in [-0.2, -0.15) is 0 Å². The largest absolute Gasteiger partial charge is 0.368 e. The summed E-state index contributed by atoms with van der Waals surface area (Å²) in [7, 11) is -9.06. The molecule has 0 radical (unpaired) electrons. The van der Waals surface area contributed by atoms with Crippen LogP contribution in [-0.4, -0.2) is 49.3 Å². The monoisotopic (exact) mass is 519 g/mol. The van der Waals surface area contributed by atoms with E-state index in [0.29, 0.717) is 24.4 Å². The van der Waals surface area contributed by atoms with E-state index < -0.39 is 27.2 Å². The molecule has 1 aliphatic heterocycles. The molecule has 13 heteroatoms. The molecule has 0 spiro atoms. The van der Waals surface area contributed by atoms with Crippen molar-refractivity contribution in [3.63, 3.8) is 0 Å². The summed E-state index contributed by atoms with van der Waals surface area (Å²) in [6, 6.07) is 6.18. The van der Waals surface area contributed by atoms with Crippen LogP contribution in [0.2, 0.25) is 5.28 Å². The first kappa shape index (κ1) is 25.0. The molecule has 2 aromatic rings. The highest BCUT2D eigenvalue weighted by Gasteiger charge is 2.34. The van der Waals surface area contributed by atoms with Crippen LogP contribution in [0.3, 0.4) is 0 Å². The minimum absolute atomic E-state index is 0.167. The summed E-state index contributed by atoms with van der Waals surface area (Å²) in [6.45, 7) is -0.221. The van der Waals surface area contributed by atoms with Gasteiger partial charge in [0.15, 0.2) is 5.90 Å². The maximum Gasteiger partial charge on any atom is 0.340 e. The summed E-state index contributed by atoms with van der Waals surface area (Å²) in [5.74, 6) is -0.482. The van der Waals surface area contributed by atoms with Crippen LogP contribution in [0, 0.1) is 0 Å². The second kappa shape index (κ2) is 10.3. The van der Waals surface area contributed by atoms with Crippen molar-refractivity contribution in [3.05, 3.63) is 29.0 Å². The first-order valence-corrected chi connectivity index (χ1v) is 14.9. The lowest BCUT2D eigenvalue weighted by molar-refractivity contribution is 0.0150. The van der Waals surface area contributed by atoms with Gasteiger partial charge in [0.25, 0.3) is 0 Å². The molecule has 0 amide bonds. The molecule has 0 bridgehead atoms. The Morgan fingerprint density at radius 3 is 2.58 bits per heavy atom. The molecule has 4 rings (SSSR count). The van der Waals surface area contributed by atoms with E-state index in [1.165, 1.54) is 19.3 Å². The second-order valence-corrected chi connectivity index (χ2v) is 13.0. The highest BCUT2D eigenvalue weighted by Crippen LogP contribution is 2.55. The van der Waals surface area contributed by atoms with Crippen LogP contribution in [0.25, 0.3) is 10.9 Å². The van der Waals surface area contributed by atoms with Crippen LogP contribution in [0.4, 0.5) is 5.82 Å². The Balaban J connectivity index is 1.42. The number of fused-ring (bicyclic) bond motifs is 1. The highest BCUT2D eigenvalue weighted by atomic mass is 35.5. The number of benzene rings is 1. The maximum absolute atomic E-state index is 11.8. The first-order chi connectivity index (χ1) is 15.6. The third kappa shape index (κ3) is 6.96. The molecule has 33 heavy (non-hydrogen) atoms. The number of anilines is 1. The summed E-state index contributed by atoms with van der Waals surface area (Å²) in [5.41, 5.74) is 1.60. The lowest BCUT2D eigenvalue weighted by Crippen LogP contribution is -2.23. The fraction of sp³-hybridized carbons (Fsp3) is 0.600. The van der Waals surface area contributed by atoms with Crippen LogP contribution >= 0.6 is 26.8 Å². The topological polar surface area (TPSA) is 151 Å². The van der Waals surface area contributed by atoms with Crippen molar-refractivity contribution >= 4 is 43.5 Å². The molecule has 2 fully saturated rings. The number of aromatic nitrogens is 2. The minimum Gasteiger partial charge on any atom is -0.368 e. The number of nitrogens with one attached hydrogen (secondary N) is 1. The molecule has 1 aliphatic carbocycles. The van der Waals surface area contributed by atoms with E-state index in [2.05, 4.69) is 15.3 Å². The number of nitrogens with zero attached hydrogens (tertiary/aromatic N) is 2. The van der Waals surface area contributed by atoms with Gasteiger partial charge in [0.05, 0.1) is 24.3 Å². The summed E-state index contributed by atoms with van der Waals surface area (Å²) in [4.78, 5) is 36.2. The van der Waals surface area contributed by atoms with Gasteiger partial charge in [-0.25, -0.2) is 9.97 Å². The molecule has 1 aromatic carbocycles. The van der Waals surface area contributed by atoms with E-state index in [4.69, 9.17) is 30.6 Å². The van der Waals surface area contributed by atoms with Crippen molar-refractivity contribution in [1.82, 2.24) is 9.97 Å². The average molecular weight is 520 g/mol. The fourth-order valence-electron chi connectivity index (χ4n) is 4.42. The predicted molar refractivity (Wildman–Crippen MR) is 125 cm³/mol. The third-order valence-corrected chi connectivity index (χ3v) is 9.57. The molecule has 182 valence electrons. The van der Waals surface area contributed by atoms with Crippen molar-refractivity contribution in [2.75, 3.05) is 17.8 Å². The van der Waals surface area contributed by atoms with Crippen LogP contribution in [0.1, 0.15) is 56.6 Å². The van der Waals surface area contributed by atoms with Crippen molar-refractivity contribution in [2.45, 2.75) is 63.2 Å². The van der Waals surface area contributed by atoms with Gasteiger partial charge in [0.2, 0.25) is 5.28 Å². The molecular formula is C20H28ClN3O7P2. The summed E-state index contributed by atoms with van der Waals surface area (Å²) < 4.78 is 33.7. The molecule has 3 atom stereocenters. The lowest BCUT2D eigenvalue weighted by Gasteiger charge is -2.24. The van der Waals surface area contributed by atoms with Gasteiger partial charge in [-0.15, -0.1) is 0 Å². The van der Waals surface area contributed by atoms with Crippen LogP contribution in [0.5, 0.6) is 0 Å². The molecule has 2 aliphatic rings. The molecule has 4 N–H and O–H groups in total. The third-order valence-electron chi connectivity index (χ3n) is 5.94. The first-order valence-electron chi connectivity index (χ1n) is 11.0. The minimum atomic E-state index is -4.66. The normalized spacial score (nSPS) is 24.1. The molecule has 1 saturated heterocycles. The summed E-state index contributed by atoms with van der Waals surface area (Å²) in [5, 5.41) is 4.57. The molecule has 2 heterocycles. The van der Waals surface area contributed by atoms with Gasteiger partial charge < -0.3 is 29.3 Å². The molecule has 1 saturated carbocycles. The Morgan fingerprint density at radius 1 is 1.09 bits per heavy atom. The number of ether oxygens (including phenoxy) is 1. The Labute approximate surface area is 196 Å². The average Bonchev–Trinajstić information content (AvgIpc) is 3.20. The zero-order chi connectivity index (χ0) is 23.6. The number of hydrogen-bond acceptors (Lipinski definition) is 7. The fourth-order valence-corrected chi connectivity index (χ4v) is 7.18. The molecular weight excluding hydrogens is 492 g/mol. The molecule has 1 aromatic heterocycles. The van der Waals surface area contributed by atoms with Gasteiger partial charge >= 0.3 is 15.2 Å². The van der Waals surface area contributed by atoms with Crippen LogP contribution in [0.15, 0.2) is 18.2 Å². The smallest absolute Gasteiger partial charge is 0.340 e. The van der Waals surface area contributed by atoms with E-state index in [1.54, 1.807) is 0 Å². The van der Waals surface area contributed by atoms with Gasteiger partial charge in [-0.3, -0.25) is 9.13 Å². The van der Waals surface area contributed by atoms with E-state index in [-0.39, 0.29) is 18.0 Å². The van der Waals surface area contributed by atoms with Crippen molar-refractivity contribution in [1.29, 1.82) is 0 Å². The van der Waals surface area contributed by atoms with Crippen molar-refractivity contribution in [3.8, 4) is 0 Å².